The van der Waals surface area contributed by atoms with Gasteiger partial charge in [-0.05, 0) is 25.0 Å². The van der Waals surface area contributed by atoms with E-state index < -0.39 is 42.9 Å². The van der Waals surface area contributed by atoms with Crippen molar-refractivity contribution in [2.75, 3.05) is 19.7 Å². The Kier molecular flexibility index (Phi) is 5.61. The number of amides is 4. The van der Waals surface area contributed by atoms with Crippen LogP contribution in [0.15, 0.2) is 24.2 Å². The number of aliphatic hydroxyl groups is 1. The van der Waals surface area contributed by atoms with E-state index in [-0.39, 0.29) is 29.5 Å². The zero-order chi connectivity index (χ0) is 23.9. The highest BCUT2D eigenvalue weighted by Gasteiger charge is 2.41. The molecule has 0 radical (unpaired) electrons. The Labute approximate surface area is 184 Å². The van der Waals surface area contributed by atoms with Crippen molar-refractivity contribution in [2.24, 2.45) is 5.73 Å². The second-order valence-corrected chi connectivity index (χ2v) is 7.52. The van der Waals surface area contributed by atoms with E-state index in [9.17, 15) is 27.6 Å². The maximum absolute atomic E-state index is 13.3. The van der Waals surface area contributed by atoms with Crippen LogP contribution in [0.2, 0.25) is 0 Å². The maximum Gasteiger partial charge on any atom is 0.433 e. The fourth-order valence-corrected chi connectivity index (χ4v) is 3.33. The molecule has 1 saturated heterocycles. The van der Waals surface area contributed by atoms with E-state index >= 15 is 0 Å². The summed E-state index contributed by atoms with van der Waals surface area (Å²) in [5, 5.41) is 13.2. The predicted molar refractivity (Wildman–Crippen MR) is 105 cm³/mol. The van der Waals surface area contributed by atoms with E-state index in [1.807, 2.05) is 0 Å². The summed E-state index contributed by atoms with van der Waals surface area (Å²) in [5.74, 6) is -1.77. The van der Waals surface area contributed by atoms with E-state index in [1.165, 1.54) is 6.07 Å². The Balaban J connectivity index is 1.69. The molecule has 0 aromatic carbocycles. The molecule has 1 aliphatic heterocycles. The van der Waals surface area contributed by atoms with Gasteiger partial charge in [0.25, 0.3) is 5.91 Å². The predicted octanol–water partition coefficient (Wildman–Crippen LogP) is 0.777. The number of hydrogen-bond acceptors (Lipinski definition) is 7. The molecule has 4 amide bonds. The minimum atomic E-state index is -4.65. The Morgan fingerprint density at radius 1 is 1.24 bits per heavy atom. The lowest BCUT2D eigenvalue weighted by molar-refractivity contribution is -0.141. The quantitative estimate of drug-likeness (QED) is 0.453. The molecule has 1 aliphatic carbocycles. The summed E-state index contributed by atoms with van der Waals surface area (Å²) < 4.78 is 40.9. The number of nitrogens with zero attached hydrogens (tertiary/aromatic N) is 6. The molecule has 1 saturated carbocycles. The lowest BCUT2D eigenvalue weighted by Gasteiger charge is -2.14. The number of aromatic nitrogens is 4. The first-order valence-corrected chi connectivity index (χ1v) is 9.83. The summed E-state index contributed by atoms with van der Waals surface area (Å²) in [7, 11) is 0. The van der Waals surface area contributed by atoms with Gasteiger partial charge in [-0.2, -0.15) is 13.2 Å². The first kappa shape index (κ1) is 22.4. The minimum Gasteiger partial charge on any atom is -0.395 e. The van der Waals surface area contributed by atoms with Gasteiger partial charge in [0.2, 0.25) is 5.91 Å². The fraction of sp³-hybridized carbons (Fsp3) is 0.368. The van der Waals surface area contributed by atoms with Crippen molar-refractivity contribution in [1.82, 2.24) is 29.5 Å². The Morgan fingerprint density at radius 2 is 1.97 bits per heavy atom. The number of halogens is 3. The number of primary amides is 1. The normalized spacial score (nSPS) is 18.0. The molecule has 3 N–H and O–H groups in total. The maximum atomic E-state index is 13.3. The van der Waals surface area contributed by atoms with Crippen LogP contribution in [-0.4, -0.2) is 72.2 Å². The molecule has 14 heteroatoms. The first-order valence-electron chi connectivity index (χ1n) is 9.83. The molecular formula is C19H18F3N7O4. The van der Waals surface area contributed by atoms with Crippen LogP contribution in [0.3, 0.4) is 0 Å². The van der Waals surface area contributed by atoms with Gasteiger partial charge < -0.3 is 10.8 Å². The van der Waals surface area contributed by atoms with Crippen molar-refractivity contribution in [2.45, 2.75) is 24.9 Å². The molecule has 0 atom stereocenters. The molecule has 2 aromatic heterocycles. The van der Waals surface area contributed by atoms with Gasteiger partial charge in [-0.1, -0.05) is 0 Å². The summed E-state index contributed by atoms with van der Waals surface area (Å²) in [6.07, 6.45) is -0.908. The van der Waals surface area contributed by atoms with Crippen molar-refractivity contribution in [3.63, 3.8) is 0 Å². The average molecular weight is 465 g/mol. The summed E-state index contributed by atoms with van der Waals surface area (Å²) in [6, 6.07) is 1.48. The topological polar surface area (TPSA) is 148 Å². The van der Waals surface area contributed by atoms with Gasteiger partial charge in [-0.3, -0.25) is 19.4 Å². The van der Waals surface area contributed by atoms with Crippen LogP contribution in [0.4, 0.5) is 18.0 Å². The average Bonchev–Trinajstić information content (AvgIpc) is 3.46. The number of nitrogens with two attached hydrogens (primary N) is 1. The van der Waals surface area contributed by atoms with Crippen LogP contribution in [0, 0.1) is 0 Å². The van der Waals surface area contributed by atoms with Gasteiger partial charge in [0.15, 0.2) is 5.82 Å². The van der Waals surface area contributed by atoms with Crippen LogP contribution in [0.25, 0.3) is 17.6 Å². The third kappa shape index (κ3) is 4.55. The van der Waals surface area contributed by atoms with Gasteiger partial charge in [0.05, 0.1) is 19.4 Å². The second kappa shape index (κ2) is 8.27. The Bertz CT molecular complexity index is 1160. The van der Waals surface area contributed by atoms with Crippen LogP contribution >= 0.6 is 0 Å². The van der Waals surface area contributed by atoms with Crippen molar-refractivity contribution >= 4 is 24.0 Å². The highest BCUT2D eigenvalue weighted by atomic mass is 19.4. The number of carbonyl (C=O) groups is 3. The largest absolute Gasteiger partial charge is 0.433 e. The number of hydrogen-bond donors (Lipinski definition) is 2. The molecule has 2 aliphatic rings. The van der Waals surface area contributed by atoms with E-state index in [4.69, 9.17) is 10.8 Å². The smallest absolute Gasteiger partial charge is 0.395 e. The van der Waals surface area contributed by atoms with Crippen LogP contribution < -0.4 is 5.73 Å². The summed E-state index contributed by atoms with van der Waals surface area (Å²) in [6.45, 7) is -1.38. The number of alkyl halides is 3. The summed E-state index contributed by atoms with van der Waals surface area (Å²) in [5.41, 5.74) is 4.25. The zero-order valence-corrected chi connectivity index (χ0v) is 17.0. The Morgan fingerprint density at radius 3 is 2.58 bits per heavy atom. The van der Waals surface area contributed by atoms with E-state index in [2.05, 4.69) is 15.1 Å². The lowest BCUT2D eigenvalue weighted by atomic mass is 10.1. The summed E-state index contributed by atoms with van der Waals surface area (Å²) >= 11 is 0. The van der Waals surface area contributed by atoms with Crippen LogP contribution in [-0.2, 0) is 15.8 Å². The van der Waals surface area contributed by atoms with Crippen molar-refractivity contribution in [3.8, 4) is 11.4 Å². The molecule has 2 aromatic rings. The third-order valence-electron chi connectivity index (χ3n) is 5.01. The third-order valence-corrected chi connectivity index (χ3v) is 5.01. The number of carbonyl (C=O) groups excluding carboxylic acids is 3. The van der Waals surface area contributed by atoms with Gasteiger partial charge in [-0.25, -0.2) is 19.4 Å². The number of rotatable bonds is 7. The van der Waals surface area contributed by atoms with E-state index in [0.29, 0.717) is 5.69 Å². The van der Waals surface area contributed by atoms with Gasteiger partial charge >= 0.3 is 12.2 Å². The second-order valence-electron chi connectivity index (χ2n) is 7.52. The molecular weight excluding hydrogens is 447 g/mol. The van der Waals surface area contributed by atoms with Crippen LogP contribution in [0.5, 0.6) is 0 Å². The van der Waals surface area contributed by atoms with E-state index in [0.717, 1.165) is 45.9 Å². The molecule has 0 unspecified atom stereocenters. The number of urea groups is 1. The molecule has 0 spiro atoms. The molecule has 3 heterocycles. The SMILES string of the molecule is NC(=O)CN1C(=O)N(CCO)C(=O)/C1=C/n1cnc(-c2cc(C3CC3)nc(C(F)(F)F)c2)n1. The first-order chi connectivity index (χ1) is 15.6. The molecule has 11 nitrogen and oxygen atoms in total. The van der Waals surface area contributed by atoms with Gasteiger partial charge in [-0.15, -0.1) is 5.10 Å². The highest BCUT2D eigenvalue weighted by Crippen LogP contribution is 2.41. The molecule has 2 fully saturated rings. The van der Waals surface area contributed by atoms with Crippen LogP contribution in [0.1, 0.15) is 30.1 Å². The number of aliphatic hydroxyl groups excluding tert-OH is 1. The monoisotopic (exact) mass is 465 g/mol. The number of β-amino-alcohol motifs (C(OH)–C–C–N with tert-alkyl or cyclic N) is 1. The van der Waals surface area contributed by atoms with Crippen molar-refractivity contribution in [1.29, 1.82) is 0 Å². The van der Waals surface area contributed by atoms with E-state index in [1.54, 1.807) is 0 Å². The minimum absolute atomic E-state index is 0.0442. The standard InChI is InChI=1S/C19H18F3N7O4/c20-19(21,22)14-6-11(5-12(25-14)10-1-2-10)16-24-9-27(26-16)7-13-17(32)28(3-4-30)18(33)29(13)8-15(23)31/h5-7,9-10,30H,1-4,8H2,(H2,23,31)/b13-7-. The lowest BCUT2D eigenvalue weighted by Crippen LogP contribution is -2.38. The zero-order valence-electron chi connectivity index (χ0n) is 17.0. The number of pyridine rings is 1. The molecule has 174 valence electrons. The fourth-order valence-electron chi connectivity index (χ4n) is 3.33. The highest BCUT2D eigenvalue weighted by molar-refractivity contribution is 6.14. The Hall–Kier alpha value is -3.81. The number of imide groups is 1. The van der Waals surface area contributed by atoms with Crippen molar-refractivity contribution < 1.29 is 32.7 Å². The molecule has 4 rings (SSSR count). The summed E-state index contributed by atoms with van der Waals surface area (Å²) in [4.78, 5) is 45.6. The van der Waals surface area contributed by atoms with Crippen molar-refractivity contribution in [3.05, 3.63) is 35.5 Å². The molecule has 33 heavy (non-hydrogen) atoms. The molecule has 0 bridgehead atoms. The van der Waals surface area contributed by atoms with Gasteiger partial charge in [0.1, 0.15) is 24.3 Å². The van der Waals surface area contributed by atoms with Gasteiger partial charge in [0, 0.05) is 17.2 Å².